The number of hydrogen-bond acceptors (Lipinski definition) is 3. The second-order valence-corrected chi connectivity index (χ2v) is 4.49. The fourth-order valence-corrected chi connectivity index (χ4v) is 1.91. The number of aryl methyl sites for hydroxylation is 1. The molecule has 0 fully saturated rings. The van der Waals surface area contributed by atoms with Crippen LogP contribution in [0.3, 0.4) is 0 Å². The molecular weight excluding hydrogens is 240 g/mol. The Morgan fingerprint density at radius 3 is 2.47 bits per heavy atom. The Kier molecular flexibility index (Phi) is 4.55. The lowest BCUT2D eigenvalue weighted by molar-refractivity contribution is 0.0536. The van der Waals surface area contributed by atoms with Crippen molar-refractivity contribution in [2.45, 2.75) is 13.0 Å². The van der Waals surface area contributed by atoms with E-state index in [9.17, 15) is 5.11 Å². The van der Waals surface area contributed by atoms with E-state index in [0.29, 0.717) is 5.75 Å². The summed E-state index contributed by atoms with van der Waals surface area (Å²) in [6.07, 6.45) is -0.839. The van der Waals surface area contributed by atoms with Gasteiger partial charge in [0.05, 0.1) is 6.61 Å². The average molecular weight is 258 g/mol. The molecular formula is C16H18O3. The Labute approximate surface area is 113 Å². The second kappa shape index (κ2) is 6.36. The van der Waals surface area contributed by atoms with Gasteiger partial charge in [-0.15, -0.1) is 0 Å². The summed E-state index contributed by atoms with van der Waals surface area (Å²) in [7, 11) is 0. The van der Waals surface area contributed by atoms with Crippen molar-refractivity contribution in [2.24, 2.45) is 0 Å². The Bertz CT molecular complexity index is 523. The van der Waals surface area contributed by atoms with Crippen LogP contribution in [-0.2, 0) is 0 Å². The molecule has 0 aliphatic heterocycles. The second-order valence-electron chi connectivity index (χ2n) is 4.49. The van der Waals surface area contributed by atoms with Gasteiger partial charge in [-0.3, -0.25) is 0 Å². The summed E-state index contributed by atoms with van der Waals surface area (Å²) in [5.41, 5.74) is 3.44. The monoisotopic (exact) mass is 258 g/mol. The molecule has 1 atom stereocenters. The van der Waals surface area contributed by atoms with Crippen molar-refractivity contribution in [3.05, 3.63) is 54.1 Å². The van der Waals surface area contributed by atoms with Crippen LogP contribution in [0.15, 0.2) is 48.5 Å². The van der Waals surface area contributed by atoms with Crippen molar-refractivity contribution in [3.63, 3.8) is 0 Å². The van der Waals surface area contributed by atoms with Crippen molar-refractivity contribution >= 4 is 0 Å². The molecule has 0 saturated heterocycles. The topological polar surface area (TPSA) is 49.7 Å². The number of rotatable bonds is 5. The number of ether oxygens (including phenoxy) is 1. The van der Waals surface area contributed by atoms with E-state index in [1.165, 1.54) is 5.56 Å². The molecule has 0 radical (unpaired) electrons. The highest BCUT2D eigenvalue weighted by Crippen LogP contribution is 2.26. The summed E-state index contributed by atoms with van der Waals surface area (Å²) in [5, 5.41) is 18.0. The number of benzene rings is 2. The van der Waals surface area contributed by atoms with Crippen LogP contribution < -0.4 is 4.74 Å². The fourth-order valence-electron chi connectivity index (χ4n) is 1.91. The SMILES string of the molecule is Cc1cc(OC[C@H](O)CO)ccc1-c1ccccc1. The zero-order chi connectivity index (χ0) is 13.7. The first-order valence-corrected chi connectivity index (χ1v) is 6.28. The molecule has 0 unspecified atom stereocenters. The van der Waals surface area contributed by atoms with Crippen molar-refractivity contribution in [1.82, 2.24) is 0 Å². The van der Waals surface area contributed by atoms with Crippen LogP contribution in [0.4, 0.5) is 0 Å². The molecule has 100 valence electrons. The van der Waals surface area contributed by atoms with Crippen LogP contribution in [0.25, 0.3) is 11.1 Å². The molecule has 2 aromatic carbocycles. The van der Waals surface area contributed by atoms with Crippen molar-refractivity contribution in [2.75, 3.05) is 13.2 Å². The lowest BCUT2D eigenvalue weighted by Crippen LogP contribution is -2.21. The third-order valence-corrected chi connectivity index (χ3v) is 2.94. The molecule has 3 nitrogen and oxygen atoms in total. The molecule has 0 aromatic heterocycles. The van der Waals surface area contributed by atoms with E-state index in [0.717, 1.165) is 11.1 Å². The van der Waals surface area contributed by atoms with E-state index in [-0.39, 0.29) is 13.2 Å². The zero-order valence-corrected chi connectivity index (χ0v) is 10.9. The van der Waals surface area contributed by atoms with Crippen molar-refractivity contribution < 1.29 is 14.9 Å². The van der Waals surface area contributed by atoms with Crippen LogP contribution in [0, 0.1) is 6.92 Å². The third-order valence-electron chi connectivity index (χ3n) is 2.94. The quantitative estimate of drug-likeness (QED) is 0.865. The van der Waals surface area contributed by atoms with Gasteiger partial charge >= 0.3 is 0 Å². The molecule has 0 amide bonds. The minimum absolute atomic E-state index is 0.0978. The first-order valence-electron chi connectivity index (χ1n) is 6.28. The molecule has 0 spiro atoms. The molecule has 0 aliphatic carbocycles. The summed E-state index contributed by atoms with van der Waals surface area (Å²) in [5.74, 6) is 0.699. The minimum Gasteiger partial charge on any atom is -0.491 e. The van der Waals surface area contributed by atoms with Crippen LogP contribution in [0.2, 0.25) is 0 Å². The van der Waals surface area contributed by atoms with E-state index in [1.807, 2.05) is 43.3 Å². The summed E-state index contributed by atoms with van der Waals surface area (Å²) in [6.45, 7) is 1.83. The van der Waals surface area contributed by atoms with Gasteiger partial charge in [0.1, 0.15) is 18.5 Å². The highest BCUT2D eigenvalue weighted by Gasteiger charge is 2.06. The Morgan fingerprint density at radius 2 is 1.84 bits per heavy atom. The van der Waals surface area contributed by atoms with Crippen LogP contribution in [0.1, 0.15) is 5.56 Å². The van der Waals surface area contributed by atoms with E-state index in [4.69, 9.17) is 9.84 Å². The normalized spacial score (nSPS) is 12.2. The first kappa shape index (κ1) is 13.6. The van der Waals surface area contributed by atoms with Gasteiger partial charge < -0.3 is 14.9 Å². The summed E-state index contributed by atoms with van der Waals surface area (Å²) in [4.78, 5) is 0. The average Bonchev–Trinajstić information content (AvgIpc) is 2.45. The number of aliphatic hydroxyl groups is 2. The van der Waals surface area contributed by atoms with Crippen molar-refractivity contribution in [1.29, 1.82) is 0 Å². The van der Waals surface area contributed by atoms with Crippen LogP contribution in [-0.4, -0.2) is 29.5 Å². The molecule has 0 bridgehead atoms. The van der Waals surface area contributed by atoms with E-state index in [1.54, 1.807) is 0 Å². The third kappa shape index (κ3) is 3.56. The zero-order valence-electron chi connectivity index (χ0n) is 10.9. The van der Waals surface area contributed by atoms with Gasteiger partial charge in [-0.25, -0.2) is 0 Å². The highest BCUT2D eigenvalue weighted by molar-refractivity contribution is 5.67. The Morgan fingerprint density at radius 1 is 1.11 bits per heavy atom. The van der Waals surface area contributed by atoms with Gasteiger partial charge in [0, 0.05) is 0 Å². The molecule has 0 saturated carbocycles. The van der Waals surface area contributed by atoms with E-state index >= 15 is 0 Å². The van der Waals surface area contributed by atoms with Gasteiger partial charge in [-0.2, -0.15) is 0 Å². The molecule has 2 aromatic rings. The van der Waals surface area contributed by atoms with Crippen LogP contribution in [0.5, 0.6) is 5.75 Å². The predicted octanol–water partition coefficient (Wildman–Crippen LogP) is 2.39. The highest BCUT2D eigenvalue weighted by atomic mass is 16.5. The molecule has 19 heavy (non-hydrogen) atoms. The first-order chi connectivity index (χ1) is 9.20. The molecule has 2 N–H and O–H groups in total. The largest absolute Gasteiger partial charge is 0.491 e. The van der Waals surface area contributed by atoms with Gasteiger partial charge in [0.15, 0.2) is 0 Å². The van der Waals surface area contributed by atoms with E-state index in [2.05, 4.69) is 12.1 Å². The summed E-state index contributed by atoms with van der Waals surface area (Å²) >= 11 is 0. The molecule has 3 heteroatoms. The Balaban J connectivity index is 2.14. The summed E-state index contributed by atoms with van der Waals surface area (Å²) in [6, 6.07) is 16.0. The van der Waals surface area contributed by atoms with Crippen molar-refractivity contribution in [3.8, 4) is 16.9 Å². The molecule has 2 rings (SSSR count). The predicted molar refractivity (Wildman–Crippen MR) is 75.2 cm³/mol. The smallest absolute Gasteiger partial charge is 0.119 e. The molecule has 0 aliphatic rings. The minimum atomic E-state index is -0.839. The fraction of sp³-hybridized carbons (Fsp3) is 0.250. The van der Waals surface area contributed by atoms with E-state index < -0.39 is 6.10 Å². The standard InChI is InChI=1S/C16H18O3/c1-12-9-15(19-11-14(18)10-17)7-8-16(12)13-5-3-2-4-6-13/h2-9,14,17-18H,10-11H2,1H3/t14-/m1/s1. The summed E-state index contributed by atoms with van der Waals surface area (Å²) < 4.78 is 5.42. The lowest BCUT2D eigenvalue weighted by Gasteiger charge is -2.12. The van der Waals surface area contributed by atoms with Gasteiger partial charge in [0.2, 0.25) is 0 Å². The van der Waals surface area contributed by atoms with Gasteiger partial charge in [-0.05, 0) is 35.7 Å². The number of hydrogen-bond donors (Lipinski definition) is 2. The number of aliphatic hydroxyl groups excluding tert-OH is 2. The maximum atomic E-state index is 9.25. The maximum Gasteiger partial charge on any atom is 0.119 e. The Hall–Kier alpha value is -1.84. The van der Waals surface area contributed by atoms with Crippen LogP contribution >= 0.6 is 0 Å². The van der Waals surface area contributed by atoms with Gasteiger partial charge in [0.25, 0.3) is 0 Å². The maximum absolute atomic E-state index is 9.25. The molecule has 0 heterocycles. The van der Waals surface area contributed by atoms with Gasteiger partial charge in [-0.1, -0.05) is 36.4 Å². The lowest BCUT2D eigenvalue weighted by atomic mass is 10.0.